The molecular weight excluding hydrogens is 235 g/mol. The third-order valence-corrected chi connectivity index (χ3v) is 3.04. The lowest BCUT2D eigenvalue weighted by Gasteiger charge is -2.43. The van der Waals surface area contributed by atoms with Gasteiger partial charge in [-0.05, 0) is 25.7 Å². The predicted molar refractivity (Wildman–Crippen MR) is 61.7 cm³/mol. The smallest absolute Gasteiger partial charge is 0.224 e. The third-order valence-electron chi connectivity index (χ3n) is 2.59. The Hall–Kier alpha value is -0.580. The van der Waals surface area contributed by atoms with Crippen LogP contribution in [0.15, 0.2) is 6.20 Å². The lowest BCUT2D eigenvalue weighted by atomic mass is 10.1. The van der Waals surface area contributed by atoms with Gasteiger partial charge >= 0.3 is 0 Å². The van der Waals surface area contributed by atoms with Crippen LogP contribution in [0.3, 0.4) is 0 Å². The zero-order chi connectivity index (χ0) is 11.0. The van der Waals surface area contributed by atoms with E-state index in [-0.39, 0.29) is 5.28 Å². The summed E-state index contributed by atoms with van der Waals surface area (Å²) in [7, 11) is 4.13. The molecule has 0 unspecified atom stereocenters. The summed E-state index contributed by atoms with van der Waals surface area (Å²) in [5, 5.41) is 0.791. The van der Waals surface area contributed by atoms with Crippen LogP contribution in [0.5, 0.6) is 0 Å². The van der Waals surface area contributed by atoms with Crippen LogP contribution in [-0.4, -0.2) is 48.1 Å². The van der Waals surface area contributed by atoms with Crippen molar-refractivity contribution in [3.63, 3.8) is 0 Å². The lowest BCUT2D eigenvalue weighted by Crippen LogP contribution is -2.57. The third kappa shape index (κ3) is 2.17. The van der Waals surface area contributed by atoms with E-state index in [9.17, 15) is 0 Å². The molecule has 6 heteroatoms. The van der Waals surface area contributed by atoms with Crippen molar-refractivity contribution in [3.8, 4) is 0 Å². The summed E-state index contributed by atoms with van der Waals surface area (Å²) in [4.78, 5) is 12.2. The number of nitrogens with zero attached hydrogens (tertiary/aromatic N) is 4. The van der Waals surface area contributed by atoms with Crippen molar-refractivity contribution in [1.29, 1.82) is 0 Å². The zero-order valence-electron chi connectivity index (χ0n) is 8.61. The Morgan fingerprint density at radius 2 is 2.07 bits per heavy atom. The Morgan fingerprint density at radius 1 is 1.40 bits per heavy atom. The second kappa shape index (κ2) is 4.12. The van der Waals surface area contributed by atoms with Crippen LogP contribution < -0.4 is 4.90 Å². The highest BCUT2D eigenvalue weighted by Gasteiger charge is 2.30. The van der Waals surface area contributed by atoms with Crippen LogP contribution in [0.2, 0.25) is 10.3 Å². The van der Waals surface area contributed by atoms with E-state index in [0.717, 1.165) is 18.9 Å². The number of rotatable bonds is 2. The quantitative estimate of drug-likeness (QED) is 0.742. The summed E-state index contributed by atoms with van der Waals surface area (Å²) in [5.74, 6) is 0.731. The molecule has 1 aliphatic rings. The first-order chi connectivity index (χ1) is 7.08. The standard InChI is InChI=1S/C9H12Cl2N4/c1-14(2)6-4-15(5-6)8-7(10)3-12-9(11)13-8/h3,6H,4-5H2,1-2H3. The van der Waals surface area contributed by atoms with Gasteiger partial charge in [-0.3, -0.25) is 0 Å². The van der Waals surface area contributed by atoms with E-state index in [1.807, 2.05) is 0 Å². The van der Waals surface area contributed by atoms with Crippen molar-refractivity contribution in [1.82, 2.24) is 14.9 Å². The molecule has 1 aromatic rings. The van der Waals surface area contributed by atoms with E-state index in [2.05, 4.69) is 33.9 Å². The maximum atomic E-state index is 5.99. The van der Waals surface area contributed by atoms with Gasteiger partial charge in [-0.1, -0.05) is 11.6 Å². The molecule has 1 aliphatic heterocycles. The molecule has 1 fully saturated rings. The highest BCUT2D eigenvalue weighted by atomic mass is 35.5. The normalized spacial score (nSPS) is 17.0. The van der Waals surface area contributed by atoms with Gasteiger partial charge in [0.2, 0.25) is 5.28 Å². The molecule has 1 aromatic heterocycles. The van der Waals surface area contributed by atoms with Gasteiger partial charge in [0, 0.05) is 19.1 Å². The van der Waals surface area contributed by atoms with Crippen LogP contribution in [0.1, 0.15) is 0 Å². The number of hydrogen-bond donors (Lipinski definition) is 0. The minimum atomic E-state index is 0.239. The number of aromatic nitrogens is 2. The van der Waals surface area contributed by atoms with Crippen molar-refractivity contribution in [2.24, 2.45) is 0 Å². The van der Waals surface area contributed by atoms with Gasteiger partial charge in [0.25, 0.3) is 0 Å². The summed E-state index contributed by atoms with van der Waals surface area (Å²) in [6.07, 6.45) is 1.54. The van der Waals surface area contributed by atoms with E-state index in [4.69, 9.17) is 23.2 Å². The highest BCUT2D eigenvalue weighted by molar-refractivity contribution is 6.33. The molecule has 4 nitrogen and oxygen atoms in total. The molecule has 0 amide bonds. The number of likely N-dealkylation sites (N-methyl/N-ethyl adjacent to an activating group) is 1. The summed E-state index contributed by atoms with van der Waals surface area (Å²) >= 11 is 11.7. The molecule has 2 rings (SSSR count). The maximum Gasteiger partial charge on any atom is 0.224 e. The molecule has 0 N–H and O–H groups in total. The van der Waals surface area contributed by atoms with E-state index in [0.29, 0.717) is 11.1 Å². The fourth-order valence-corrected chi connectivity index (χ4v) is 1.85. The highest BCUT2D eigenvalue weighted by Crippen LogP contribution is 2.28. The van der Waals surface area contributed by atoms with Crippen molar-refractivity contribution in [2.45, 2.75) is 6.04 Å². The average molecular weight is 247 g/mol. The first-order valence-electron chi connectivity index (χ1n) is 4.67. The number of halogens is 2. The summed E-state index contributed by atoms with van der Waals surface area (Å²) in [6.45, 7) is 1.86. The molecule has 1 saturated heterocycles. The van der Waals surface area contributed by atoms with Crippen LogP contribution >= 0.6 is 23.2 Å². The van der Waals surface area contributed by atoms with E-state index in [1.54, 1.807) is 0 Å². The molecule has 0 aliphatic carbocycles. The Balaban J connectivity index is 2.09. The molecule has 0 spiro atoms. The second-order valence-corrected chi connectivity index (χ2v) is 4.58. The van der Waals surface area contributed by atoms with Gasteiger partial charge in [0.05, 0.1) is 6.20 Å². The number of hydrogen-bond acceptors (Lipinski definition) is 4. The van der Waals surface area contributed by atoms with Gasteiger partial charge in [-0.15, -0.1) is 0 Å². The van der Waals surface area contributed by atoms with Crippen molar-refractivity contribution >= 4 is 29.0 Å². The molecule has 15 heavy (non-hydrogen) atoms. The van der Waals surface area contributed by atoms with E-state index < -0.39 is 0 Å². The minimum absolute atomic E-state index is 0.239. The topological polar surface area (TPSA) is 32.3 Å². The lowest BCUT2D eigenvalue weighted by molar-refractivity contribution is 0.246. The van der Waals surface area contributed by atoms with E-state index >= 15 is 0 Å². The Morgan fingerprint density at radius 3 is 2.67 bits per heavy atom. The predicted octanol–water partition coefficient (Wildman–Crippen LogP) is 1.53. The molecule has 82 valence electrons. The van der Waals surface area contributed by atoms with Crippen LogP contribution in [0, 0.1) is 0 Å². The van der Waals surface area contributed by atoms with Crippen LogP contribution in [0.25, 0.3) is 0 Å². The molecule has 0 aromatic carbocycles. The monoisotopic (exact) mass is 246 g/mol. The summed E-state index contributed by atoms with van der Waals surface area (Å²) in [6, 6.07) is 0.565. The summed E-state index contributed by atoms with van der Waals surface area (Å²) < 4.78 is 0. The molecule has 0 bridgehead atoms. The minimum Gasteiger partial charge on any atom is -0.352 e. The zero-order valence-corrected chi connectivity index (χ0v) is 10.1. The van der Waals surface area contributed by atoms with Gasteiger partial charge in [0.15, 0.2) is 5.82 Å². The Bertz CT molecular complexity index is 363. The largest absolute Gasteiger partial charge is 0.352 e. The van der Waals surface area contributed by atoms with Crippen molar-refractivity contribution in [2.75, 3.05) is 32.1 Å². The molecule has 0 atom stereocenters. The number of anilines is 1. The van der Waals surface area contributed by atoms with Crippen LogP contribution in [0.4, 0.5) is 5.82 Å². The molecule has 0 radical (unpaired) electrons. The van der Waals surface area contributed by atoms with Crippen LogP contribution in [-0.2, 0) is 0 Å². The first kappa shape index (κ1) is 10.9. The fraction of sp³-hybridized carbons (Fsp3) is 0.556. The van der Waals surface area contributed by atoms with E-state index in [1.165, 1.54) is 6.20 Å². The van der Waals surface area contributed by atoms with Crippen molar-refractivity contribution in [3.05, 3.63) is 16.5 Å². The van der Waals surface area contributed by atoms with Gasteiger partial charge < -0.3 is 9.80 Å². The fourth-order valence-electron chi connectivity index (χ4n) is 1.51. The second-order valence-electron chi connectivity index (χ2n) is 3.83. The molecule has 2 heterocycles. The van der Waals surface area contributed by atoms with Gasteiger partial charge in [-0.25, -0.2) is 4.98 Å². The summed E-state index contributed by atoms with van der Waals surface area (Å²) in [5.41, 5.74) is 0. The molecular formula is C9H12Cl2N4. The van der Waals surface area contributed by atoms with Gasteiger partial charge in [-0.2, -0.15) is 4.98 Å². The van der Waals surface area contributed by atoms with Gasteiger partial charge in [0.1, 0.15) is 5.02 Å². The van der Waals surface area contributed by atoms with Crippen molar-refractivity contribution < 1.29 is 0 Å². The Labute approximate surface area is 98.8 Å². The molecule has 0 saturated carbocycles. The Kier molecular flexibility index (Phi) is 3.00. The average Bonchev–Trinajstić information content (AvgIpc) is 2.08. The SMILES string of the molecule is CN(C)C1CN(c2nc(Cl)ncc2Cl)C1. The maximum absolute atomic E-state index is 5.99. The first-order valence-corrected chi connectivity index (χ1v) is 5.43.